The molecule has 2 heterocycles. The summed E-state index contributed by atoms with van der Waals surface area (Å²) >= 11 is 0. The van der Waals surface area contributed by atoms with Gasteiger partial charge in [0.25, 0.3) is 5.91 Å². The van der Waals surface area contributed by atoms with Gasteiger partial charge in [-0.25, -0.2) is 0 Å². The van der Waals surface area contributed by atoms with Gasteiger partial charge in [-0.1, -0.05) is 30.3 Å². The minimum atomic E-state index is -0.175. The van der Waals surface area contributed by atoms with E-state index in [1.165, 1.54) is 0 Å². The number of rotatable bonds is 4. The number of ether oxygens (including phenoxy) is 3. The maximum Gasteiger partial charge on any atom is 0.255 e. The Morgan fingerprint density at radius 2 is 1.84 bits per heavy atom. The van der Waals surface area contributed by atoms with Crippen LogP contribution in [0.4, 0.5) is 0 Å². The lowest BCUT2D eigenvalue weighted by Gasteiger charge is -2.18. The van der Waals surface area contributed by atoms with E-state index in [1.807, 2.05) is 42.5 Å². The Bertz CT molecular complexity index is 733. The van der Waals surface area contributed by atoms with Gasteiger partial charge in [-0.2, -0.15) is 0 Å². The van der Waals surface area contributed by atoms with Crippen LogP contribution in [0.1, 0.15) is 19.6 Å². The second-order valence-corrected chi connectivity index (χ2v) is 5.99. The standard InChI is InChI=1S/C19H19NO4.H3N.2H2/c21-19(20-15-12-23-17-10-11-22-18(15)17)14-8-4-5-9-16(14)24-13-6-2-1-3-7-13;;;/h1-9,15,17-18H,10-12H2,(H,20,21);1H3;2*1H/t15-,17+,18+;;;/m0.../s1. The first-order chi connectivity index (χ1) is 11.8. The van der Waals surface area contributed by atoms with Gasteiger partial charge in [0.05, 0.1) is 24.3 Å². The van der Waals surface area contributed by atoms with Crippen LogP contribution in [0.2, 0.25) is 0 Å². The molecule has 0 aliphatic carbocycles. The molecule has 2 fully saturated rings. The summed E-state index contributed by atoms with van der Waals surface area (Å²) in [5.41, 5.74) is 0.503. The highest BCUT2D eigenvalue weighted by atomic mass is 16.6. The van der Waals surface area contributed by atoms with Crippen LogP contribution in [0.5, 0.6) is 11.5 Å². The average Bonchev–Trinajstić information content (AvgIpc) is 3.21. The normalized spacial score (nSPS) is 24.2. The van der Waals surface area contributed by atoms with Gasteiger partial charge < -0.3 is 25.7 Å². The molecule has 6 nitrogen and oxygen atoms in total. The SMILES string of the molecule is N.O=C(N[C@H]1CO[C@@H]2CCO[C@H]12)c1ccccc1Oc1ccccc1.[HH].[HH]. The number of carbonyl (C=O) groups is 1. The van der Waals surface area contributed by atoms with Gasteiger partial charge in [0.15, 0.2) is 0 Å². The van der Waals surface area contributed by atoms with E-state index in [0.29, 0.717) is 30.3 Å². The molecule has 0 radical (unpaired) electrons. The molecule has 6 heteroatoms. The van der Waals surface area contributed by atoms with Crippen molar-refractivity contribution in [3.63, 3.8) is 0 Å². The van der Waals surface area contributed by atoms with Gasteiger partial charge >= 0.3 is 0 Å². The third kappa shape index (κ3) is 3.66. The van der Waals surface area contributed by atoms with Crippen LogP contribution in [0.15, 0.2) is 54.6 Å². The molecule has 0 spiro atoms. The van der Waals surface area contributed by atoms with Crippen molar-refractivity contribution in [1.29, 1.82) is 0 Å². The molecule has 4 N–H and O–H groups in total. The monoisotopic (exact) mass is 346 g/mol. The molecule has 2 aliphatic heterocycles. The maximum absolute atomic E-state index is 12.7. The van der Waals surface area contributed by atoms with E-state index in [-0.39, 0.29) is 33.2 Å². The third-order valence-corrected chi connectivity index (χ3v) is 4.38. The van der Waals surface area contributed by atoms with E-state index in [2.05, 4.69) is 5.32 Å². The molecule has 1 amide bonds. The summed E-state index contributed by atoms with van der Waals surface area (Å²) in [6, 6.07) is 16.5. The molecule has 2 saturated heterocycles. The van der Waals surface area contributed by atoms with Gasteiger partial charge in [-0.05, 0) is 30.7 Å². The molecule has 0 saturated carbocycles. The molecule has 136 valence electrons. The molecule has 0 bridgehead atoms. The zero-order chi connectivity index (χ0) is 16.4. The lowest BCUT2D eigenvalue weighted by atomic mass is 10.1. The molecule has 2 aromatic carbocycles. The Labute approximate surface area is 149 Å². The molecule has 0 unspecified atom stereocenters. The highest BCUT2D eigenvalue weighted by Gasteiger charge is 2.42. The van der Waals surface area contributed by atoms with Crippen molar-refractivity contribution in [2.75, 3.05) is 13.2 Å². The Morgan fingerprint density at radius 3 is 2.68 bits per heavy atom. The number of hydrogen-bond donors (Lipinski definition) is 2. The van der Waals surface area contributed by atoms with Crippen LogP contribution in [0.3, 0.4) is 0 Å². The van der Waals surface area contributed by atoms with Crippen LogP contribution in [0.25, 0.3) is 0 Å². The van der Waals surface area contributed by atoms with Gasteiger partial charge in [0, 0.05) is 9.46 Å². The smallest absolute Gasteiger partial charge is 0.255 e. The molecule has 25 heavy (non-hydrogen) atoms. The first-order valence-electron chi connectivity index (χ1n) is 8.17. The quantitative estimate of drug-likeness (QED) is 0.885. The molecular weight excluding hydrogens is 320 g/mol. The minimum Gasteiger partial charge on any atom is -0.457 e. The van der Waals surface area contributed by atoms with Crippen molar-refractivity contribution < 1.29 is 21.9 Å². The average molecular weight is 346 g/mol. The molecule has 0 aromatic heterocycles. The predicted molar refractivity (Wildman–Crippen MR) is 97.6 cm³/mol. The van der Waals surface area contributed by atoms with Gasteiger partial charge in [0.2, 0.25) is 0 Å². The fourth-order valence-electron chi connectivity index (χ4n) is 3.20. The summed E-state index contributed by atoms with van der Waals surface area (Å²) in [6.07, 6.45) is 0.951. The van der Waals surface area contributed by atoms with E-state index in [4.69, 9.17) is 14.2 Å². The van der Waals surface area contributed by atoms with E-state index in [1.54, 1.807) is 12.1 Å². The highest BCUT2D eigenvalue weighted by Crippen LogP contribution is 2.28. The number of nitrogens with one attached hydrogen (secondary N) is 1. The summed E-state index contributed by atoms with van der Waals surface area (Å²) in [7, 11) is 0. The summed E-state index contributed by atoms with van der Waals surface area (Å²) < 4.78 is 17.2. The fourth-order valence-corrected chi connectivity index (χ4v) is 3.20. The Balaban J connectivity index is 0.00000121. The zero-order valence-corrected chi connectivity index (χ0v) is 13.9. The van der Waals surface area contributed by atoms with Crippen LogP contribution in [0, 0.1) is 0 Å². The lowest BCUT2D eigenvalue weighted by molar-refractivity contribution is 0.0655. The maximum atomic E-state index is 12.7. The Kier molecular flexibility index (Phi) is 5.33. The van der Waals surface area contributed by atoms with Crippen molar-refractivity contribution in [2.45, 2.75) is 24.7 Å². The molecular formula is C19H26N2O4. The van der Waals surface area contributed by atoms with Gasteiger partial charge in [0.1, 0.15) is 17.6 Å². The number of fused-ring (bicyclic) bond motifs is 1. The van der Waals surface area contributed by atoms with Crippen molar-refractivity contribution in [2.24, 2.45) is 0 Å². The van der Waals surface area contributed by atoms with E-state index in [9.17, 15) is 4.79 Å². The second kappa shape index (κ2) is 7.65. The van der Waals surface area contributed by atoms with E-state index >= 15 is 0 Å². The van der Waals surface area contributed by atoms with Crippen LogP contribution >= 0.6 is 0 Å². The topological polar surface area (TPSA) is 91.8 Å². The largest absolute Gasteiger partial charge is 0.457 e. The number of benzene rings is 2. The number of carbonyl (C=O) groups excluding carboxylic acids is 1. The Hall–Kier alpha value is -2.41. The number of hydrogen-bond acceptors (Lipinski definition) is 5. The Morgan fingerprint density at radius 1 is 1.08 bits per heavy atom. The van der Waals surface area contributed by atoms with Gasteiger partial charge in [-0.3, -0.25) is 4.79 Å². The van der Waals surface area contributed by atoms with Crippen molar-refractivity contribution in [1.82, 2.24) is 11.5 Å². The molecule has 2 aliphatic rings. The molecule has 2 aromatic rings. The highest BCUT2D eigenvalue weighted by molar-refractivity contribution is 5.97. The number of amides is 1. The molecule has 3 atom stereocenters. The van der Waals surface area contributed by atoms with Crippen molar-refractivity contribution in [3.8, 4) is 11.5 Å². The first kappa shape index (κ1) is 17.4. The van der Waals surface area contributed by atoms with Crippen LogP contribution in [-0.2, 0) is 9.47 Å². The summed E-state index contributed by atoms with van der Waals surface area (Å²) in [5, 5.41) is 3.02. The summed E-state index contributed by atoms with van der Waals surface area (Å²) in [5.74, 6) is 1.05. The lowest BCUT2D eigenvalue weighted by Crippen LogP contribution is -2.43. The van der Waals surface area contributed by atoms with Crippen LogP contribution in [-0.4, -0.2) is 37.4 Å². The van der Waals surface area contributed by atoms with E-state index in [0.717, 1.165) is 6.42 Å². The minimum absolute atomic E-state index is 0. The summed E-state index contributed by atoms with van der Waals surface area (Å²) in [6.45, 7) is 1.18. The van der Waals surface area contributed by atoms with Crippen molar-refractivity contribution in [3.05, 3.63) is 60.2 Å². The number of para-hydroxylation sites is 2. The second-order valence-electron chi connectivity index (χ2n) is 5.99. The first-order valence-corrected chi connectivity index (χ1v) is 8.17. The van der Waals surface area contributed by atoms with E-state index < -0.39 is 0 Å². The van der Waals surface area contributed by atoms with Gasteiger partial charge in [-0.15, -0.1) is 0 Å². The third-order valence-electron chi connectivity index (χ3n) is 4.38. The van der Waals surface area contributed by atoms with Crippen molar-refractivity contribution >= 4 is 5.91 Å². The summed E-state index contributed by atoms with van der Waals surface area (Å²) in [4.78, 5) is 12.7. The molecule has 4 rings (SSSR count). The predicted octanol–water partition coefficient (Wildman–Crippen LogP) is 3.42. The van der Waals surface area contributed by atoms with Crippen LogP contribution < -0.4 is 16.2 Å². The zero-order valence-electron chi connectivity index (χ0n) is 13.9. The fraction of sp³-hybridized carbons (Fsp3) is 0.316.